The second-order valence-electron chi connectivity index (χ2n) is 8.04. The Hall–Kier alpha value is -2.74. The number of nitrogens with zero attached hydrogens (tertiary/aromatic N) is 6. The van der Waals surface area contributed by atoms with Crippen LogP contribution in [0.1, 0.15) is 42.3 Å². The molecular formula is C22H26N6OS. The Morgan fingerprint density at radius 2 is 2.07 bits per heavy atom. The van der Waals surface area contributed by atoms with E-state index >= 15 is 0 Å². The molecule has 7 nitrogen and oxygen atoms in total. The summed E-state index contributed by atoms with van der Waals surface area (Å²) in [6, 6.07) is 5.98. The van der Waals surface area contributed by atoms with Crippen molar-refractivity contribution in [2.45, 2.75) is 38.1 Å². The maximum atomic E-state index is 13.0. The first-order valence-electron chi connectivity index (χ1n) is 10.6. The molecule has 1 unspecified atom stereocenters. The van der Waals surface area contributed by atoms with Gasteiger partial charge in [0.05, 0.1) is 23.9 Å². The number of rotatable bonds is 5. The lowest BCUT2D eigenvalue weighted by Crippen LogP contribution is -2.32. The van der Waals surface area contributed by atoms with Crippen molar-refractivity contribution in [1.82, 2.24) is 24.6 Å². The van der Waals surface area contributed by atoms with Crippen molar-refractivity contribution in [3.05, 3.63) is 46.5 Å². The van der Waals surface area contributed by atoms with Crippen molar-refractivity contribution in [1.29, 1.82) is 0 Å². The highest BCUT2D eigenvalue weighted by Crippen LogP contribution is 2.37. The third-order valence-electron chi connectivity index (χ3n) is 5.96. The van der Waals surface area contributed by atoms with Crippen molar-refractivity contribution < 1.29 is 4.79 Å². The van der Waals surface area contributed by atoms with Gasteiger partial charge in [-0.3, -0.25) is 9.48 Å². The molecule has 2 saturated heterocycles. The average Bonchev–Trinajstić information content (AvgIpc) is 3.54. The number of amides is 1. The lowest BCUT2D eigenvalue weighted by Gasteiger charge is -2.24. The highest BCUT2D eigenvalue weighted by molar-refractivity contribution is 7.10. The summed E-state index contributed by atoms with van der Waals surface area (Å²) in [5.74, 6) is 0.967. The predicted octanol–water partition coefficient (Wildman–Crippen LogP) is 3.45. The summed E-state index contributed by atoms with van der Waals surface area (Å²) in [6.07, 6.45) is 8.63. The SMILES string of the molecule is Cn1cc(-c2ccnc(N3CCCC3)n2)c(C2CCCN2C(=O)Cc2cccs2)n1. The second-order valence-corrected chi connectivity index (χ2v) is 9.07. The lowest BCUT2D eigenvalue weighted by molar-refractivity contribution is -0.131. The number of thiophene rings is 1. The predicted molar refractivity (Wildman–Crippen MR) is 117 cm³/mol. The first-order valence-corrected chi connectivity index (χ1v) is 11.5. The summed E-state index contributed by atoms with van der Waals surface area (Å²) < 4.78 is 1.84. The Balaban J connectivity index is 1.44. The van der Waals surface area contributed by atoms with Gasteiger partial charge in [0.1, 0.15) is 0 Å². The number of aromatic nitrogens is 4. The van der Waals surface area contributed by atoms with E-state index < -0.39 is 0 Å². The minimum atomic E-state index is -0.00105. The topological polar surface area (TPSA) is 67.2 Å². The van der Waals surface area contributed by atoms with E-state index in [0.717, 1.165) is 60.3 Å². The minimum Gasteiger partial charge on any atom is -0.341 e. The number of hydrogen-bond donors (Lipinski definition) is 0. The molecule has 0 radical (unpaired) electrons. The van der Waals surface area contributed by atoms with Crippen molar-refractivity contribution in [2.24, 2.45) is 7.05 Å². The van der Waals surface area contributed by atoms with E-state index in [0.29, 0.717) is 6.42 Å². The van der Waals surface area contributed by atoms with Gasteiger partial charge in [-0.1, -0.05) is 6.07 Å². The fourth-order valence-electron chi connectivity index (χ4n) is 4.53. The Morgan fingerprint density at radius 3 is 2.87 bits per heavy atom. The fourth-order valence-corrected chi connectivity index (χ4v) is 5.23. The Kier molecular flexibility index (Phi) is 5.25. The van der Waals surface area contributed by atoms with Crippen molar-refractivity contribution >= 4 is 23.2 Å². The molecule has 5 rings (SSSR count). The molecule has 0 aliphatic carbocycles. The van der Waals surface area contributed by atoms with Crippen LogP contribution in [0.2, 0.25) is 0 Å². The summed E-state index contributed by atoms with van der Waals surface area (Å²) >= 11 is 1.64. The van der Waals surface area contributed by atoms with Gasteiger partial charge in [-0.05, 0) is 43.2 Å². The van der Waals surface area contributed by atoms with E-state index in [-0.39, 0.29) is 11.9 Å². The molecule has 156 valence electrons. The molecule has 2 aliphatic heterocycles. The molecule has 1 atom stereocenters. The highest BCUT2D eigenvalue weighted by atomic mass is 32.1. The number of carbonyl (C=O) groups is 1. The van der Waals surface area contributed by atoms with Crippen LogP contribution in [0, 0.1) is 0 Å². The average molecular weight is 423 g/mol. The molecule has 2 fully saturated rings. The van der Waals surface area contributed by atoms with E-state index in [1.165, 1.54) is 12.8 Å². The van der Waals surface area contributed by atoms with Crippen molar-refractivity contribution in [3.8, 4) is 11.3 Å². The summed E-state index contributed by atoms with van der Waals surface area (Å²) in [4.78, 5) is 27.8. The Morgan fingerprint density at radius 1 is 1.20 bits per heavy atom. The fraction of sp³-hybridized carbons (Fsp3) is 0.455. The molecule has 0 spiro atoms. The van der Waals surface area contributed by atoms with Crippen LogP contribution in [0.25, 0.3) is 11.3 Å². The summed E-state index contributed by atoms with van der Waals surface area (Å²) in [6.45, 7) is 2.81. The van der Waals surface area contributed by atoms with Crippen LogP contribution >= 0.6 is 11.3 Å². The maximum Gasteiger partial charge on any atom is 0.228 e. The lowest BCUT2D eigenvalue weighted by atomic mass is 10.0. The van der Waals surface area contributed by atoms with Gasteiger partial charge < -0.3 is 9.80 Å². The molecule has 3 aromatic rings. The van der Waals surface area contributed by atoms with E-state index in [1.807, 2.05) is 52.6 Å². The van der Waals surface area contributed by atoms with Gasteiger partial charge in [0.2, 0.25) is 11.9 Å². The number of carbonyl (C=O) groups excluding carboxylic acids is 1. The van der Waals surface area contributed by atoms with E-state index in [2.05, 4.69) is 9.88 Å². The molecule has 0 aromatic carbocycles. The van der Waals surface area contributed by atoms with Crippen LogP contribution in [0.3, 0.4) is 0 Å². The molecule has 5 heterocycles. The zero-order valence-electron chi connectivity index (χ0n) is 17.2. The van der Waals surface area contributed by atoms with Gasteiger partial charge in [0.15, 0.2) is 0 Å². The normalized spacial score (nSPS) is 19.0. The van der Waals surface area contributed by atoms with Gasteiger partial charge in [0, 0.05) is 49.5 Å². The summed E-state index contributed by atoms with van der Waals surface area (Å²) in [7, 11) is 1.93. The van der Waals surface area contributed by atoms with Gasteiger partial charge >= 0.3 is 0 Å². The van der Waals surface area contributed by atoms with Crippen LogP contribution in [0.5, 0.6) is 0 Å². The van der Waals surface area contributed by atoms with Crippen LogP contribution in [0.4, 0.5) is 5.95 Å². The summed E-state index contributed by atoms with van der Waals surface area (Å²) in [5.41, 5.74) is 2.83. The molecular weight excluding hydrogens is 396 g/mol. The third-order valence-corrected chi connectivity index (χ3v) is 6.84. The van der Waals surface area contributed by atoms with Crippen LogP contribution in [-0.2, 0) is 18.3 Å². The molecule has 0 bridgehead atoms. The van der Waals surface area contributed by atoms with Crippen molar-refractivity contribution in [3.63, 3.8) is 0 Å². The zero-order valence-corrected chi connectivity index (χ0v) is 18.0. The summed E-state index contributed by atoms with van der Waals surface area (Å²) in [5, 5.41) is 6.80. The minimum absolute atomic E-state index is 0.00105. The van der Waals surface area contributed by atoms with Gasteiger partial charge in [-0.2, -0.15) is 5.10 Å². The van der Waals surface area contributed by atoms with Gasteiger partial charge in [-0.25, -0.2) is 9.97 Å². The Bertz CT molecular complexity index is 1020. The van der Waals surface area contributed by atoms with E-state index in [4.69, 9.17) is 10.1 Å². The standard InChI is InChI=1S/C22H26N6OS/c1-26-15-17(18-8-9-23-22(24-18)27-10-2-3-11-27)21(25-26)19-7-4-12-28(19)20(29)14-16-6-5-13-30-16/h5-6,8-9,13,15,19H,2-4,7,10-12,14H2,1H3. The van der Waals surface area contributed by atoms with E-state index in [1.54, 1.807) is 11.3 Å². The largest absolute Gasteiger partial charge is 0.341 e. The molecule has 1 amide bonds. The Labute approximate surface area is 180 Å². The molecule has 0 saturated carbocycles. The van der Waals surface area contributed by atoms with Crippen LogP contribution < -0.4 is 4.90 Å². The molecule has 0 N–H and O–H groups in total. The smallest absolute Gasteiger partial charge is 0.228 e. The molecule has 2 aliphatic rings. The third kappa shape index (κ3) is 3.71. The van der Waals surface area contributed by atoms with Gasteiger partial charge in [-0.15, -0.1) is 11.3 Å². The highest BCUT2D eigenvalue weighted by Gasteiger charge is 2.34. The first-order chi connectivity index (χ1) is 14.7. The zero-order chi connectivity index (χ0) is 20.5. The van der Waals surface area contributed by atoms with Crippen molar-refractivity contribution in [2.75, 3.05) is 24.5 Å². The number of hydrogen-bond acceptors (Lipinski definition) is 6. The number of aryl methyl sites for hydroxylation is 1. The number of likely N-dealkylation sites (tertiary alicyclic amines) is 1. The molecule has 30 heavy (non-hydrogen) atoms. The second kappa shape index (κ2) is 8.18. The van der Waals surface area contributed by atoms with Crippen LogP contribution in [-0.4, -0.2) is 50.2 Å². The molecule has 8 heteroatoms. The number of anilines is 1. The molecule has 3 aromatic heterocycles. The quantitative estimate of drug-likeness (QED) is 0.630. The first kappa shape index (κ1) is 19.2. The monoisotopic (exact) mass is 422 g/mol. The maximum absolute atomic E-state index is 13.0. The van der Waals surface area contributed by atoms with Crippen LogP contribution in [0.15, 0.2) is 36.0 Å². The van der Waals surface area contributed by atoms with E-state index in [9.17, 15) is 4.79 Å². The van der Waals surface area contributed by atoms with Gasteiger partial charge in [0.25, 0.3) is 0 Å².